The van der Waals surface area contributed by atoms with Crippen molar-refractivity contribution in [2.24, 2.45) is 0 Å². The van der Waals surface area contributed by atoms with Crippen LogP contribution in [0.3, 0.4) is 0 Å². The third-order valence-corrected chi connectivity index (χ3v) is 5.46. The number of aromatic amines is 1. The molecule has 0 radical (unpaired) electrons. The molecule has 0 unspecified atom stereocenters. The van der Waals surface area contributed by atoms with Gasteiger partial charge in [0.2, 0.25) is 0 Å². The fraction of sp³-hybridized carbons (Fsp3) is 0.357. The average molecular weight is 325 g/mol. The molecular formula is C14H19N3O4S. The zero-order valence-corrected chi connectivity index (χ0v) is 14.0. The lowest BCUT2D eigenvalue weighted by Gasteiger charge is -2.20. The van der Waals surface area contributed by atoms with Crippen LogP contribution in [0.15, 0.2) is 23.1 Å². The van der Waals surface area contributed by atoms with Gasteiger partial charge < -0.3 is 9.47 Å². The highest BCUT2D eigenvalue weighted by atomic mass is 32.2. The Morgan fingerprint density at radius 3 is 2.27 bits per heavy atom. The maximum atomic E-state index is 12.8. The quantitative estimate of drug-likeness (QED) is 0.907. The Bertz CT molecular complexity index is 764. The van der Waals surface area contributed by atoms with Crippen LogP contribution in [0.4, 0.5) is 5.69 Å². The molecule has 0 bridgehead atoms. The van der Waals surface area contributed by atoms with Gasteiger partial charge >= 0.3 is 0 Å². The van der Waals surface area contributed by atoms with Crippen LogP contribution >= 0.6 is 0 Å². The fourth-order valence-corrected chi connectivity index (χ4v) is 3.73. The summed E-state index contributed by atoms with van der Waals surface area (Å²) in [6, 6.07) is 4.93. The predicted molar refractivity (Wildman–Crippen MR) is 83.2 cm³/mol. The van der Waals surface area contributed by atoms with E-state index in [-0.39, 0.29) is 4.90 Å². The van der Waals surface area contributed by atoms with Gasteiger partial charge in [-0.25, -0.2) is 8.42 Å². The third kappa shape index (κ3) is 2.61. The molecular weight excluding hydrogens is 306 g/mol. The van der Waals surface area contributed by atoms with Gasteiger partial charge in [-0.05, 0) is 26.0 Å². The van der Waals surface area contributed by atoms with Crippen molar-refractivity contribution in [1.29, 1.82) is 0 Å². The van der Waals surface area contributed by atoms with Crippen LogP contribution in [-0.4, -0.2) is 39.9 Å². The van der Waals surface area contributed by atoms with Crippen molar-refractivity contribution in [3.05, 3.63) is 29.6 Å². The standard InChI is InChI=1S/C14H19N3O4S/c1-9-14(10(2)16-15-9)22(18,19)17(3)11-6-7-12(20-4)13(8-11)21-5/h6-8H,1-5H3,(H,15,16). The number of aryl methyl sites for hydroxylation is 2. The van der Waals surface area contributed by atoms with Gasteiger partial charge in [-0.1, -0.05) is 0 Å². The van der Waals surface area contributed by atoms with E-state index in [4.69, 9.17) is 9.47 Å². The number of sulfonamides is 1. The molecule has 0 aliphatic carbocycles. The highest BCUT2D eigenvalue weighted by Crippen LogP contribution is 2.33. The van der Waals surface area contributed by atoms with Crippen molar-refractivity contribution < 1.29 is 17.9 Å². The summed E-state index contributed by atoms with van der Waals surface area (Å²) in [5.74, 6) is 0.996. The molecule has 0 spiro atoms. The van der Waals surface area contributed by atoms with E-state index >= 15 is 0 Å². The van der Waals surface area contributed by atoms with Gasteiger partial charge in [-0.15, -0.1) is 0 Å². The molecule has 0 amide bonds. The molecule has 0 fully saturated rings. The van der Waals surface area contributed by atoms with E-state index in [0.29, 0.717) is 28.6 Å². The Morgan fingerprint density at radius 2 is 1.77 bits per heavy atom. The van der Waals surface area contributed by atoms with Crippen LogP contribution in [0.5, 0.6) is 11.5 Å². The van der Waals surface area contributed by atoms with Crippen molar-refractivity contribution in [1.82, 2.24) is 10.2 Å². The summed E-state index contributed by atoms with van der Waals surface area (Å²) in [7, 11) is 0.802. The maximum Gasteiger partial charge on any atom is 0.267 e. The molecule has 8 heteroatoms. The summed E-state index contributed by atoms with van der Waals surface area (Å²) < 4.78 is 37.1. The lowest BCUT2D eigenvalue weighted by atomic mass is 10.3. The number of anilines is 1. The van der Waals surface area contributed by atoms with Gasteiger partial charge in [0, 0.05) is 13.1 Å². The number of methoxy groups -OCH3 is 2. The first-order chi connectivity index (χ1) is 10.3. The van der Waals surface area contributed by atoms with Gasteiger partial charge in [0.25, 0.3) is 10.0 Å². The number of nitrogens with zero attached hydrogens (tertiary/aromatic N) is 2. The van der Waals surface area contributed by atoms with Crippen LogP contribution in [0, 0.1) is 13.8 Å². The van der Waals surface area contributed by atoms with E-state index in [1.165, 1.54) is 25.6 Å². The summed E-state index contributed by atoms with van der Waals surface area (Å²) in [6.07, 6.45) is 0. The Morgan fingerprint density at radius 1 is 1.14 bits per heavy atom. The van der Waals surface area contributed by atoms with E-state index < -0.39 is 10.0 Å². The second-order valence-corrected chi connectivity index (χ2v) is 6.68. The van der Waals surface area contributed by atoms with Crippen LogP contribution in [0.1, 0.15) is 11.4 Å². The first-order valence-corrected chi connectivity index (χ1v) is 7.99. The van der Waals surface area contributed by atoms with Gasteiger partial charge in [0.1, 0.15) is 4.90 Å². The summed E-state index contributed by atoms with van der Waals surface area (Å²) in [5.41, 5.74) is 1.41. The molecule has 0 aliphatic rings. The maximum absolute atomic E-state index is 12.8. The van der Waals surface area contributed by atoms with Crippen LogP contribution in [0.2, 0.25) is 0 Å². The van der Waals surface area contributed by atoms with E-state index in [0.717, 1.165) is 0 Å². The minimum absolute atomic E-state index is 0.185. The zero-order valence-electron chi connectivity index (χ0n) is 13.2. The van der Waals surface area contributed by atoms with Gasteiger partial charge in [0.05, 0.1) is 31.3 Å². The number of nitrogens with one attached hydrogen (secondary N) is 1. The van der Waals surface area contributed by atoms with Crippen molar-refractivity contribution in [2.45, 2.75) is 18.7 Å². The summed E-state index contributed by atoms with van der Waals surface area (Å²) in [5, 5.41) is 6.63. The molecule has 120 valence electrons. The Balaban J connectivity index is 2.49. The normalized spacial score (nSPS) is 11.3. The Hall–Kier alpha value is -2.22. The molecule has 1 N–H and O–H groups in total. The highest BCUT2D eigenvalue weighted by Gasteiger charge is 2.27. The molecule has 7 nitrogen and oxygen atoms in total. The molecule has 2 aromatic rings. The molecule has 1 aromatic heterocycles. The summed E-state index contributed by atoms with van der Waals surface area (Å²) in [6.45, 7) is 3.33. The predicted octanol–water partition coefficient (Wildman–Crippen LogP) is 1.87. The average Bonchev–Trinajstić information content (AvgIpc) is 2.85. The SMILES string of the molecule is COc1ccc(N(C)S(=O)(=O)c2c(C)n[nH]c2C)cc1OC. The van der Waals surface area contributed by atoms with E-state index in [1.807, 2.05) is 0 Å². The zero-order chi connectivity index (χ0) is 16.5. The number of ether oxygens (including phenoxy) is 2. The van der Waals surface area contributed by atoms with Crippen molar-refractivity contribution in [2.75, 3.05) is 25.6 Å². The van der Waals surface area contributed by atoms with Crippen molar-refractivity contribution >= 4 is 15.7 Å². The van der Waals surface area contributed by atoms with E-state index in [1.54, 1.807) is 32.0 Å². The Kier molecular flexibility index (Phi) is 4.32. The lowest BCUT2D eigenvalue weighted by Crippen LogP contribution is -2.27. The minimum atomic E-state index is -3.71. The molecule has 22 heavy (non-hydrogen) atoms. The number of hydrogen-bond acceptors (Lipinski definition) is 5. The smallest absolute Gasteiger partial charge is 0.267 e. The van der Waals surface area contributed by atoms with Crippen molar-refractivity contribution in [3.8, 4) is 11.5 Å². The first kappa shape index (κ1) is 16.2. The second kappa shape index (κ2) is 5.88. The largest absolute Gasteiger partial charge is 0.493 e. The van der Waals surface area contributed by atoms with Gasteiger partial charge in [-0.3, -0.25) is 9.40 Å². The number of aromatic nitrogens is 2. The number of rotatable bonds is 5. The molecule has 1 aromatic carbocycles. The monoisotopic (exact) mass is 325 g/mol. The second-order valence-electron chi connectivity index (χ2n) is 4.77. The third-order valence-electron chi connectivity index (χ3n) is 3.41. The number of benzene rings is 1. The molecule has 2 rings (SSSR count). The summed E-state index contributed by atoms with van der Waals surface area (Å²) >= 11 is 0. The number of H-pyrrole nitrogens is 1. The fourth-order valence-electron chi connectivity index (χ4n) is 2.22. The number of hydrogen-bond donors (Lipinski definition) is 1. The highest BCUT2D eigenvalue weighted by molar-refractivity contribution is 7.92. The molecule has 0 saturated carbocycles. The molecule has 1 heterocycles. The van der Waals surface area contributed by atoms with Crippen molar-refractivity contribution in [3.63, 3.8) is 0 Å². The van der Waals surface area contributed by atoms with E-state index in [2.05, 4.69) is 10.2 Å². The van der Waals surface area contributed by atoms with Crippen LogP contribution in [-0.2, 0) is 10.0 Å². The minimum Gasteiger partial charge on any atom is -0.493 e. The van der Waals surface area contributed by atoms with Gasteiger partial charge in [0.15, 0.2) is 11.5 Å². The van der Waals surface area contributed by atoms with E-state index in [9.17, 15) is 8.42 Å². The lowest BCUT2D eigenvalue weighted by molar-refractivity contribution is 0.355. The molecule has 0 atom stereocenters. The van der Waals surface area contributed by atoms with Crippen LogP contribution < -0.4 is 13.8 Å². The molecule has 0 saturated heterocycles. The van der Waals surface area contributed by atoms with Crippen LogP contribution in [0.25, 0.3) is 0 Å². The first-order valence-electron chi connectivity index (χ1n) is 6.55. The summed E-state index contributed by atoms with van der Waals surface area (Å²) in [4.78, 5) is 0.185. The Labute approximate surface area is 129 Å². The van der Waals surface area contributed by atoms with Gasteiger partial charge in [-0.2, -0.15) is 5.10 Å². The molecule has 0 aliphatic heterocycles. The topological polar surface area (TPSA) is 84.5 Å².